The second kappa shape index (κ2) is 9.93. The summed E-state index contributed by atoms with van der Waals surface area (Å²) in [7, 11) is 0. The summed E-state index contributed by atoms with van der Waals surface area (Å²) in [5, 5.41) is 11.3. The van der Waals surface area contributed by atoms with Crippen molar-refractivity contribution in [3.05, 3.63) is 64.2 Å². The van der Waals surface area contributed by atoms with Gasteiger partial charge in [-0.3, -0.25) is 19.2 Å². The molecule has 0 heterocycles. The zero-order chi connectivity index (χ0) is 21.5. The van der Waals surface area contributed by atoms with Crippen LogP contribution in [-0.2, 0) is 17.6 Å². The van der Waals surface area contributed by atoms with E-state index in [9.17, 15) is 19.2 Å². The molecule has 0 bridgehead atoms. The van der Waals surface area contributed by atoms with Crippen LogP contribution in [0.4, 0.5) is 0 Å². The van der Waals surface area contributed by atoms with Gasteiger partial charge in [0.05, 0.1) is 0 Å². The van der Waals surface area contributed by atoms with Crippen molar-refractivity contribution in [1.29, 1.82) is 0 Å². The minimum atomic E-state index is -0.194. The summed E-state index contributed by atoms with van der Waals surface area (Å²) < 4.78 is 4.65. The quantitative estimate of drug-likeness (QED) is 0.560. The van der Waals surface area contributed by atoms with Crippen molar-refractivity contribution < 1.29 is 29.0 Å². The summed E-state index contributed by atoms with van der Waals surface area (Å²) in [6, 6.07) is 10.4. The lowest BCUT2D eigenvalue weighted by atomic mass is 10.1. The van der Waals surface area contributed by atoms with Gasteiger partial charge in [0.1, 0.15) is 5.75 Å². The van der Waals surface area contributed by atoms with Gasteiger partial charge in [0, 0.05) is 42.7 Å². The minimum absolute atomic E-state index is 0.0585. The van der Waals surface area contributed by atoms with Gasteiger partial charge in [0.15, 0.2) is 11.6 Å². The van der Waals surface area contributed by atoms with Gasteiger partial charge in [-0.1, -0.05) is 12.1 Å². The first kappa shape index (κ1) is 21.4. The lowest BCUT2D eigenvalue weighted by Crippen LogP contribution is -2.25. The number of ketones is 2. The van der Waals surface area contributed by atoms with E-state index >= 15 is 0 Å². The molecule has 4 rings (SSSR count). The highest BCUT2D eigenvalue weighted by molar-refractivity contribution is 6.03. The van der Waals surface area contributed by atoms with E-state index in [1.54, 1.807) is 24.3 Å². The molecule has 0 atom stereocenters. The molecule has 0 saturated carbocycles. The van der Waals surface area contributed by atoms with Crippen LogP contribution in [-0.4, -0.2) is 42.2 Å². The summed E-state index contributed by atoms with van der Waals surface area (Å²) in [5.74, 6) is 0.487. The third kappa shape index (κ3) is 4.99. The van der Waals surface area contributed by atoms with Crippen molar-refractivity contribution in [2.75, 3.05) is 13.2 Å². The number of amides is 1. The van der Waals surface area contributed by atoms with Gasteiger partial charge in [-0.25, -0.2) is 0 Å². The normalized spacial score (nSPS) is 13.8. The number of carbonyl (C=O) groups is 4. The molecule has 1 amide bonds. The number of aryl methyl sites for hydroxylation is 2. The largest absolute Gasteiger partial charge is 0.429 e. The van der Waals surface area contributed by atoms with Gasteiger partial charge in [-0.2, -0.15) is 0 Å². The van der Waals surface area contributed by atoms with Gasteiger partial charge in [0.2, 0.25) is 0 Å². The Kier molecular flexibility index (Phi) is 7.08. The number of aliphatic hydroxyl groups is 1. The number of benzene rings is 2. The molecule has 0 aromatic heterocycles. The van der Waals surface area contributed by atoms with Crippen molar-refractivity contribution in [2.45, 2.75) is 32.1 Å². The summed E-state index contributed by atoms with van der Waals surface area (Å²) in [5.41, 5.74) is 3.96. The van der Waals surface area contributed by atoms with Gasteiger partial charge >= 0.3 is 0 Å². The Balaban J connectivity index is 0.000000177. The number of aliphatic hydroxyl groups excluding tert-OH is 1. The second-order valence-electron chi connectivity index (χ2n) is 7.08. The van der Waals surface area contributed by atoms with Crippen LogP contribution < -0.4 is 10.1 Å². The van der Waals surface area contributed by atoms with E-state index in [2.05, 4.69) is 10.1 Å². The number of Topliss-reactive ketones (excluding diaryl/α,β-unsaturated/α-hetero) is 2. The van der Waals surface area contributed by atoms with E-state index < -0.39 is 0 Å². The minimum Gasteiger partial charge on any atom is -0.429 e. The third-order valence-corrected chi connectivity index (χ3v) is 5.10. The van der Waals surface area contributed by atoms with Crippen LogP contribution in [0.5, 0.6) is 5.75 Å². The van der Waals surface area contributed by atoms with Gasteiger partial charge < -0.3 is 15.2 Å². The lowest BCUT2D eigenvalue weighted by Gasteiger charge is -2.05. The molecule has 0 fully saturated rings. The SMILES string of the molecule is O=C(NCCCO)c1ccc2c(c1)C(=O)CC2.O=COc1ccc2c(c1)C(=O)CC2. The first-order valence-electron chi connectivity index (χ1n) is 9.85. The smallest absolute Gasteiger partial charge is 0.298 e. The summed E-state index contributed by atoms with van der Waals surface area (Å²) >= 11 is 0. The van der Waals surface area contributed by atoms with E-state index in [1.165, 1.54) is 0 Å². The Hall–Kier alpha value is -3.32. The monoisotopic (exact) mass is 409 g/mol. The van der Waals surface area contributed by atoms with Crippen LogP contribution >= 0.6 is 0 Å². The van der Waals surface area contributed by atoms with E-state index in [1.807, 2.05) is 12.1 Å². The first-order chi connectivity index (χ1) is 14.5. The number of hydrogen-bond donors (Lipinski definition) is 2. The van der Waals surface area contributed by atoms with Crippen molar-refractivity contribution >= 4 is 23.9 Å². The Morgan fingerprint density at radius 3 is 2.23 bits per heavy atom. The van der Waals surface area contributed by atoms with Crippen molar-refractivity contribution in [3.63, 3.8) is 0 Å². The Bertz CT molecular complexity index is 982. The number of ether oxygens (including phenoxy) is 1. The number of nitrogens with one attached hydrogen (secondary N) is 1. The maximum Gasteiger partial charge on any atom is 0.298 e. The fourth-order valence-electron chi connectivity index (χ4n) is 3.51. The molecular formula is C23H23NO6. The molecule has 2 aliphatic rings. The summed E-state index contributed by atoms with van der Waals surface area (Å²) in [4.78, 5) is 44.6. The number of rotatable bonds is 6. The number of hydrogen-bond acceptors (Lipinski definition) is 6. The van der Waals surface area contributed by atoms with Crippen LogP contribution in [0.3, 0.4) is 0 Å². The van der Waals surface area contributed by atoms with Crippen LogP contribution in [0.25, 0.3) is 0 Å². The van der Waals surface area contributed by atoms with Gasteiger partial charge in [0.25, 0.3) is 12.4 Å². The molecule has 0 unspecified atom stereocenters. The molecule has 2 aromatic rings. The Labute approximate surface area is 174 Å². The van der Waals surface area contributed by atoms with Crippen LogP contribution in [0.15, 0.2) is 36.4 Å². The average molecular weight is 409 g/mol. The maximum absolute atomic E-state index is 11.7. The second-order valence-corrected chi connectivity index (χ2v) is 7.08. The highest BCUT2D eigenvalue weighted by Crippen LogP contribution is 2.26. The number of fused-ring (bicyclic) bond motifs is 2. The van der Waals surface area contributed by atoms with E-state index in [4.69, 9.17) is 5.11 Å². The lowest BCUT2D eigenvalue weighted by molar-refractivity contribution is -0.120. The molecule has 2 aliphatic carbocycles. The summed E-state index contributed by atoms with van der Waals surface area (Å²) in [6.07, 6.45) is 3.23. The molecule has 7 heteroatoms. The molecule has 2 N–H and O–H groups in total. The molecule has 30 heavy (non-hydrogen) atoms. The third-order valence-electron chi connectivity index (χ3n) is 5.10. The first-order valence-corrected chi connectivity index (χ1v) is 9.85. The van der Waals surface area contributed by atoms with Crippen molar-refractivity contribution in [2.24, 2.45) is 0 Å². The Morgan fingerprint density at radius 2 is 1.60 bits per heavy atom. The van der Waals surface area contributed by atoms with Crippen molar-refractivity contribution in [3.8, 4) is 5.75 Å². The zero-order valence-electron chi connectivity index (χ0n) is 16.5. The van der Waals surface area contributed by atoms with E-state index in [0.717, 1.165) is 24.0 Å². The van der Waals surface area contributed by atoms with Gasteiger partial charge in [-0.15, -0.1) is 0 Å². The fraction of sp³-hybridized carbons (Fsp3) is 0.304. The topological polar surface area (TPSA) is 110 Å². The summed E-state index contributed by atoms with van der Waals surface area (Å²) in [6.45, 7) is 0.866. The average Bonchev–Trinajstić information content (AvgIpc) is 3.31. The molecular weight excluding hydrogens is 386 g/mol. The highest BCUT2D eigenvalue weighted by Gasteiger charge is 2.21. The molecule has 0 saturated heterocycles. The predicted octanol–water partition coefficient (Wildman–Crippen LogP) is 2.28. The van der Waals surface area contributed by atoms with Crippen LogP contribution in [0.1, 0.15) is 61.5 Å². The fourth-order valence-corrected chi connectivity index (χ4v) is 3.51. The zero-order valence-corrected chi connectivity index (χ0v) is 16.5. The molecule has 7 nitrogen and oxygen atoms in total. The molecule has 0 radical (unpaired) electrons. The molecule has 156 valence electrons. The number of carbonyl (C=O) groups excluding carboxylic acids is 4. The van der Waals surface area contributed by atoms with E-state index in [-0.39, 0.29) is 24.1 Å². The van der Waals surface area contributed by atoms with Crippen LogP contribution in [0, 0.1) is 0 Å². The Morgan fingerprint density at radius 1 is 0.967 bits per heavy atom. The predicted molar refractivity (Wildman–Crippen MR) is 109 cm³/mol. The van der Waals surface area contributed by atoms with Gasteiger partial charge in [-0.05, 0) is 54.7 Å². The molecule has 2 aromatic carbocycles. The van der Waals surface area contributed by atoms with Crippen LogP contribution in [0.2, 0.25) is 0 Å². The molecule has 0 aliphatic heterocycles. The highest BCUT2D eigenvalue weighted by atomic mass is 16.5. The van der Waals surface area contributed by atoms with Crippen molar-refractivity contribution in [1.82, 2.24) is 5.32 Å². The molecule has 0 spiro atoms. The van der Waals surface area contributed by atoms with E-state index in [0.29, 0.717) is 54.7 Å². The standard InChI is InChI=1S/C13H15NO3.C10H8O3/c15-7-1-6-14-13(17)10-3-2-9-4-5-12(16)11(9)8-10;11-6-13-8-3-1-7-2-4-10(12)9(7)5-8/h2-3,8,15H,1,4-7H2,(H,14,17);1,3,5-6H,2,4H2. The maximum atomic E-state index is 11.7.